The first-order valence-electron chi connectivity index (χ1n) is 5.31. The predicted molar refractivity (Wildman–Crippen MR) is 52.7 cm³/mol. The van der Waals surface area contributed by atoms with Crippen LogP contribution in [-0.4, -0.2) is 42.7 Å². The number of cyclic esters (lactones) is 2. The van der Waals surface area contributed by atoms with Gasteiger partial charge < -0.3 is 19.3 Å². The van der Waals surface area contributed by atoms with Crippen LogP contribution in [0.5, 0.6) is 0 Å². The molecule has 6 heteroatoms. The zero-order chi connectivity index (χ0) is 12.0. The van der Waals surface area contributed by atoms with Crippen LogP contribution in [0.4, 0.5) is 4.79 Å². The molecule has 92 valence electrons. The van der Waals surface area contributed by atoms with E-state index >= 15 is 0 Å². The highest BCUT2D eigenvalue weighted by Crippen LogP contribution is 2.19. The Hall–Kier alpha value is -1.30. The van der Waals surface area contributed by atoms with Gasteiger partial charge in [0.05, 0.1) is 13.2 Å². The van der Waals surface area contributed by atoms with Gasteiger partial charge in [-0.25, -0.2) is 4.79 Å². The first kappa shape index (κ1) is 12.8. The van der Waals surface area contributed by atoms with E-state index in [9.17, 15) is 9.59 Å². The van der Waals surface area contributed by atoms with E-state index in [1.165, 1.54) is 0 Å². The van der Waals surface area contributed by atoms with Crippen molar-refractivity contribution < 1.29 is 28.9 Å². The van der Waals surface area contributed by atoms with Crippen LogP contribution in [0.2, 0.25) is 0 Å². The molecular weight excluding hydrogens is 216 g/mol. The Kier molecular flexibility index (Phi) is 5.04. The summed E-state index contributed by atoms with van der Waals surface area (Å²) in [6.07, 6.45) is -0.547. The van der Waals surface area contributed by atoms with Gasteiger partial charge in [0.15, 0.2) is 6.10 Å². The van der Waals surface area contributed by atoms with Gasteiger partial charge in [-0.15, -0.1) is 0 Å². The van der Waals surface area contributed by atoms with Crippen molar-refractivity contribution in [2.24, 2.45) is 0 Å². The summed E-state index contributed by atoms with van der Waals surface area (Å²) in [5.41, 5.74) is 0. The van der Waals surface area contributed by atoms with Crippen LogP contribution in [-0.2, 0) is 19.0 Å². The molecule has 0 amide bonds. The minimum Gasteiger partial charge on any atom is -0.466 e. The molecule has 1 rings (SSSR count). The predicted octanol–water partition coefficient (Wildman–Crippen LogP) is 0.616. The number of hydrogen-bond acceptors (Lipinski definition) is 6. The Labute approximate surface area is 93.5 Å². The molecule has 1 aliphatic heterocycles. The van der Waals surface area contributed by atoms with Crippen LogP contribution >= 0.6 is 0 Å². The summed E-state index contributed by atoms with van der Waals surface area (Å²) < 4.78 is 14.3. The highest BCUT2D eigenvalue weighted by molar-refractivity contribution is 5.69. The van der Waals surface area contributed by atoms with Gasteiger partial charge in [0.2, 0.25) is 0 Å². The van der Waals surface area contributed by atoms with E-state index in [1.54, 1.807) is 6.92 Å². The van der Waals surface area contributed by atoms with E-state index in [-0.39, 0.29) is 19.0 Å². The van der Waals surface area contributed by atoms with Gasteiger partial charge in [0.1, 0.15) is 6.10 Å². The molecule has 0 aromatic rings. The molecule has 2 atom stereocenters. The quantitative estimate of drug-likeness (QED) is 0.676. The van der Waals surface area contributed by atoms with Crippen LogP contribution in [0.15, 0.2) is 0 Å². The van der Waals surface area contributed by atoms with Gasteiger partial charge in [0, 0.05) is 6.42 Å². The van der Waals surface area contributed by atoms with Gasteiger partial charge in [0.25, 0.3) is 0 Å². The maximum absolute atomic E-state index is 11.0. The van der Waals surface area contributed by atoms with Gasteiger partial charge in [-0.2, -0.15) is 0 Å². The van der Waals surface area contributed by atoms with Crippen molar-refractivity contribution in [1.29, 1.82) is 0 Å². The van der Waals surface area contributed by atoms with Crippen LogP contribution in [0, 0.1) is 0 Å². The third-order valence-electron chi connectivity index (χ3n) is 2.26. The molecule has 0 spiro atoms. The lowest BCUT2D eigenvalue weighted by atomic mass is 10.1. The number of aliphatic hydroxyl groups excluding tert-OH is 1. The SMILES string of the molecule is CCOC(=O)CCC[C@@H]1OC(=O)O[C@@H]1CO. The Morgan fingerprint density at radius 2 is 2.12 bits per heavy atom. The smallest absolute Gasteiger partial charge is 0.466 e. The Bertz CT molecular complexity index is 252. The molecule has 0 unspecified atom stereocenters. The zero-order valence-electron chi connectivity index (χ0n) is 9.18. The summed E-state index contributed by atoms with van der Waals surface area (Å²) in [7, 11) is 0. The van der Waals surface area contributed by atoms with Gasteiger partial charge in [-0.3, -0.25) is 4.79 Å². The lowest BCUT2D eigenvalue weighted by molar-refractivity contribution is -0.143. The number of esters is 1. The van der Waals surface area contributed by atoms with Crippen LogP contribution in [0.3, 0.4) is 0 Å². The van der Waals surface area contributed by atoms with Gasteiger partial charge in [-0.1, -0.05) is 0 Å². The maximum Gasteiger partial charge on any atom is 0.509 e. The monoisotopic (exact) mass is 232 g/mol. The molecule has 1 saturated heterocycles. The van der Waals surface area contributed by atoms with Gasteiger partial charge in [-0.05, 0) is 19.8 Å². The molecule has 1 fully saturated rings. The Balaban J connectivity index is 2.21. The summed E-state index contributed by atoms with van der Waals surface area (Å²) in [4.78, 5) is 21.8. The summed E-state index contributed by atoms with van der Waals surface area (Å²) in [5.74, 6) is -0.270. The lowest BCUT2D eigenvalue weighted by Crippen LogP contribution is -2.26. The zero-order valence-corrected chi connectivity index (χ0v) is 9.18. The number of hydrogen-bond donors (Lipinski definition) is 1. The lowest BCUT2D eigenvalue weighted by Gasteiger charge is -2.12. The van der Waals surface area contributed by atoms with Crippen LogP contribution in [0.25, 0.3) is 0 Å². The fourth-order valence-corrected chi connectivity index (χ4v) is 1.51. The van der Waals surface area contributed by atoms with E-state index in [0.717, 1.165) is 0 Å². The summed E-state index contributed by atoms with van der Waals surface area (Å²) in [6.45, 7) is 1.84. The van der Waals surface area contributed by atoms with E-state index in [0.29, 0.717) is 19.4 Å². The van der Waals surface area contributed by atoms with Gasteiger partial charge >= 0.3 is 12.1 Å². The molecular formula is C10H16O6. The summed E-state index contributed by atoms with van der Waals surface area (Å²) >= 11 is 0. The molecule has 1 aliphatic rings. The van der Waals surface area contributed by atoms with Crippen LogP contribution < -0.4 is 0 Å². The third-order valence-corrected chi connectivity index (χ3v) is 2.26. The Morgan fingerprint density at radius 1 is 1.44 bits per heavy atom. The second-order valence-electron chi connectivity index (χ2n) is 3.44. The molecule has 0 saturated carbocycles. The summed E-state index contributed by atoms with van der Waals surface area (Å²) in [6, 6.07) is 0. The topological polar surface area (TPSA) is 82.1 Å². The fraction of sp³-hybridized carbons (Fsp3) is 0.800. The summed E-state index contributed by atoms with van der Waals surface area (Å²) in [5, 5.41) is 8.90. The molecule has 6 nitrogen and oxygen atoms in total. The molecule has 0 aromatic heterocycles. The molecule has 0 aliphatic carbocycles. The number of ether oxygens (including phenoxy) is 3. The fourth-order valence-electron chi connectivity index (χ4n) is 1.51. The largest absolute Gasteiger partial charge is 0.509 e. The molecule has 1 heterocycles. The third kappa shape index (κ3) is 3.69. The van der Waals surface area contributed by atoms with Crippen molar-refractivity contribution in [3.63, 3.8) is 0 Å². The van der Waals surface area contributed by atoms with E-state index in [2.05, 4.69) is 0 Å². The molecule has 0 aromatic carbocycles. The average molecular weight is 232 g/mol. The van der Waals surface area contributed by atoms with Crippen molar-refractivity contribution in [1.82, 2.24) is 0 Å². The molecule has 0 bridgehead atoms. The number of rotatable bonds is 6. The minimum absolute atomic E-state index is 0.268. The molecule has 1 N–H and O–H groups in total. The first-order chi connectivity index (χ1) is 7.67. The van der Waals surface area contributed by atoms with Crippen molar-refractivity contribution in [3.8, 4) is 0 Å². The number of aliphatic hydroxyl groups is 1. The van der Waals surface area contributed by atoms with Crippen molar-refractivity contribution >= 4 is 12.1 Å². The molecule has 16 heavy (non-hydrogen) atoms. The average Bonchev–Trinajstić information content (AvgIpc) is 2.59. The van der Waals surface area contributed by atoms with Crippen molar-refractivity contribution in [2.45, 2.75) is 38.4 Å². The van der Waals surface area contributed by atoms with Crippen molar-refractivity contribution in [3.05, 3.63) is 0 Å². The first-order valence-corrected chi connectivity index (χ1v) is 5.31. The highest BCUT2D eigenvalue weighted by atomic mass is 16.8. The molecule has 0 radical (unpaired) electrons. The number of carbonyl (C=O) groups excluding carboxylic acids is 2. The highest BCUT2D eigenvalue weighted by Gasteiger charge is 2.35. The van der Waals surface area contributed by atoms with Crippen LogP contribution in [0.1, 0.15) is 26.2 Å². The van der Waals surface area contributed by atoms with E-state index in [1.807, 2.05) is 0 Å². The second kappa shape index (κ2) is 6.32. The second-order valence-corrected chi connectivity index (χ2v) is 3.44. The standard InChI is InChI=1S/C10H16O6/c1-2-14-9(12)5-3-4-7-8(6-11)16-10(13)15-7/h7-8,11H,2-6H2,1H3/t7-,8+/m0/s1. The normalized spacial score (nSPS) is 23.8. The maximum atomic E-state index is 11.0. The van der Waals surface area contributed by atoms with Crippen molar-refractivity contribution in [2.75, 3.05) is 13.2 Å². The van der Waals surface area contributed by atoms with E-state index in [4.69, 9.17) is 19.3 Å². The van der Waals surface area contributed by atoms with E-state index < -0.39 is 18.4 Å². The minimum atomic E-state index is -0.764. The number of carbonyl (C=O) groups is 2. The Morgan fingerprint density at radius 3 is 2.75 bits per heavy atom.